The van der Waals surface area contributed by atoms with Gasteiger partial charge in [-0.15, -0.1) is 11.8 Å². The molecule has 2 aromatic rings. The van der Waals surface area contributed by atoms with Gasteiger partial charge in [-0.25, -0.2) is 4.68 Å². The lowest BCUT2D eigenvalue weighted by Crippen LogP contribution is -2.40. The van der Waals surface area contributed by atoms with Gasteiger partial charge in [0.15, 0.2) is 0 Å². The second kappa shape index (κ2) is 6.72. The van der Waals surface area contributed by atoms with Crippen LogP contribution in [0.5, 0.6) is 0 Å². The lowest BCUT2D eigenvalue weighted by molar-refractivity contribution is -0.117. The van der Waals surface area contributed by atoms with E-state index >= 15 is 0 Å². The standard InChI is InChI=1S/C17H18N4O3S/c1-10-4-5-11(2)12(6-10)19-14(22)8-21-17(24)16-13(7-18-21)25-9-15(23)20(16)3/h4-7H,8-9H2,1-3H3,(H,19,22). The number of fused-ring (bicyclic) bond motifs is 1. The first-order valence-corrected chi connectivity index (χ1v) is 8.72. The molecule has 25 heavy (non-hydrogen) atoms. The fraction of sp³-hybridized carbons (Fsp3) is 0.294. The molecule has 8 heteroatoms. The number of aromatic nitrogens is 2. The molecule has 1 aromatic carbocycles. The van der Waals surface area contributed by atoms with Crippen LogP contribution >= 0.6 is 11.8 Å². The highest BCUT2D eigenvalue weighted by molar-refractivity contribution is 8.00. The quantitative estimate of drug-likeness (QED) is 0.900. The minimum atomic E-state index is -0.448. The predicted octanol–water partition coefficient (Wildman–Crippen LogP) is 1.57. The summed E-state index contributed by atoms with van der Waals surface area (Å²) in [6.07, 6.45) is 1.52. The van der Waals surface area contributed by atoms with Gasteiger partial charge >= 0.3 is 0 Å². The monoisotopic (exact) mass is 358 g/mol. The summed E-state index contributed by atoms with van der Waals surface area (Å²) in [6.45, 7) is 3.62. The van der Waals surface area contributed by atoms with Gasteiger partial charge in [-0.3, -0.25) is 14.4 Å². The molecule has 130 valence electrons. The minimum Gasteiger partial charge on any atom is -0.324 e. The molecule has 0 atom stereocenters. The molecule has 1 aliphatic rings. The molecule has 0 fully saturated rings. The van der Waals surface area contributed by atoms with Gasteiger partial charge in [0, 0.05) is 12.7 Å². The molecule has 0 bridgehead atoms. The van der Waals surface area contributed by atoms with Gasteiger partial charge < -0.3 is 10.2 Å². The van der Waals surface area contributed by atoms with Crippen LogP contribution in [0.25, 0.3) is 0 Å². The highest BCUT2D eigenvalue weighted by atomic mass is 32.2. The Morgan fingerprint density at radius 1 is 1.32 bits per heavy atom. The Hall–Kier alpha value is -2.61. The third kappa shape index (κ3) is 3.43. The van der Waals surface area contributed by atoms with Gasteiger partial charge in [-0.1, -0.05) is 12.1 Å². The average Bonchev–Trinajstić information content (AvgIpc) is 2.57. The zero-order valence-electron chi connectivity index (χ0n) is 14.2. The smallest absolute Gasteiger partial charge is 0.292 e. The van der Waals surface area contributed by atoms with E-state index < -0.39 is 5.56 Å². The molecule has 1 aromatic heterocycles. The molecule has 1 aliphatic heterocycles. The number of carbonyl (C=O) groups is 2. The van der Waals surface area contributed by atoms with Crippen LogP contribution in [0.3, 0.4) is 0 Å². The first-order valence-electron chi connectivity index (χ1n) is 7.73. The zero-order valence-corrected chi connectivity index (χ0v) is 15.0. The molecule has 0 spiro atoms. The van der Waals surface area contributed by atoms with Gasteiger partial charge in [0.1, 0.15) is 12.2 Å². The topological polar surface area (TPSA) is 84.3 Å². The second-order valence-electron chi connectivity index (χ2n) is 5.93. The molecule has 3 rings (SSSR count). The molecular formula is C17H18N4O3S. The van der Waals surface area contributed by atoms with Crippen molar-refractivity contribution in [3.8, 4) is 0 Å². The van der Waals surface area contributed by atoms with Gasteiger partial charge in [-0.2, -0.15) is 5.10 Å². The van der Waals surface area contributed by atoms with Crippen molar-refractivity contribution in [3.63, 3.8) is 0 Å². The summed E-state index contributed by atoms with van der Waals surface area (Å²) < 4.78 is 1.08. The van der Waals surface area contributed by atoms with E-state index in [4.69, 9.17) is 0 Å². The number of hydrogen-bond acceptors (Lipinski definition) is 5. The van der Waals surface area contributed by atoms with Crippen LogP contribution in [0.1, 0.15) is 11.1 Å². The van der Waals surface area contributed by atoms with E-state index in [9.17, 15) is 14.4 Å². The van der Waals surface area contributed by atoms with Gasteiger partial charge in [0.05, 0.1) is 16.8 Å². The summed E-state index contributed by atoms with van der Waals surface area (Å²) >= 11 is 1.28. The van der Waals surface area contributed by atoms with Crippen molar-refractivity contribution >= 4 is 35.0 Å². The molecule has 7 nitrogen and oxygen atoms in total. The Kier molecular flexibility index (Phi) is 4.63. The Labute approximate surface area is 149 Å². The first kappa shape index (κ1) is 17.2. The Bertz CT molecular complexity index is 923. The summed E-state index contributed by atoms with van der Waals surface area (Å²) in [5.41, 5.74) is 2.50. The van der Waals surface area contributed by atoms with Crippen molar-refractivity contribution in [3.05, 3.63) is 45.9 Å². The van der Waals surface area contributed by atoms with Crippen molar-refractivity contribution in [2.24, 2.45) is 0 Å². The predicted molar refractivity (Wildman–Crippen MR) is 97.2 cm³/mol. The highest BCUT2D eigenvalue weighted by Crippen LogP contribution is 2.30. The molecule has 0 radical (unpaired) electrons. The van der Waals surface area contributed by atoms with E-state index in [1.165, 1.54) is 22.9 Å². The van der Waals surface area contributed by atoms with Crippen LogP contribution < -0.4 is 15.8 Å². The molecule has 2 heterocycles. The molecule has 1 N–H and O–H groups in total. The SMILES string of the molecule is Cc1ccc(C)c(NC(=O)Cn2ncc3c(c2=O)N(C)C(=O)CS3)c1. The average molecular weight is 358 g/mol. The first-order chi connectivity index (χ1) is 11.9. The highest BCUT2D eigenvalue weighted by Gasteiger charge is 2.26. The minimum absolute atomic E-state index is 0.146. The van der Waals surface area contributed by atoms with Crippen LogP contribution in [0.2, 0.25) is 0 Å². The van der Waals surface area contributed by atoms with Crippen LogP contribution in [0.15, 0.2) is 34.1 Å². The maximum absolute atomic E-state index is 12.6. The van der Waals surface area contributed by atoms with Crippen LogP contribution in [-0.4, -0.2) is 34.4 Å². The number of benzene rings is 1. The molecule has 0 saturated carbocycles. The maximum Gasteiger partial charge on any atom is 0.292 e. The largest absolute Gasteiger partial charge is 0.324 e. The summed E-state index contributed by atoms with van der Waals surface area (Å²) in [5.74, 6) is -0.213. The summed E-state index contributed by atoms with van der Waals surface area (Å²) in [7, 11) is 1.56. The van der Waals surface area contributed by atoms with Crippen molar-refractivity contribution < 1.29 is 9.59 Å². The van der Waals surface area contributed by atoms with E-state index in [0.717, 1.165) is 15.8 Å². The Morgan fingerprint density at radius 3 is 2.84 bits per heavy atom. The van der Waals surface area contributed by atoms with Crippen molar-refractivity contribution in [1.82, 2.24) is 9.78 Å². The number of hydrogen-bond donors (Lipinski definition) is 1. The Morgan fingerprint density at radius 2 is 2.08 bits per heavy atom. The number of thioether (sulfide) groups is 1. The number of anilines is 2. The fourth-order valence-corrected chi connectivity index (χ4v) is 3.50. The molecule has 2 amide bonds. The van der Waals surface area contributed by atoms with Crippen molar-refractivity contribution in [2.75, 3.05) is 23.0 Å². The van der Waals surface area contributed by atoms with Crippen LogP contribution in [0.4, 0.5) is 11.4 Å². The summed E-state index contributed by atoms with van der Waals surface area (Å²) in [6, 6.07) is 5.76. The van der Waals surface area contributed by atoms with Gasteiger partial charge in [-0.05, 0) is 31.0 Å². The summed E-state index contributed by atoms with van der Waals surface area (Å²) in [4.78, 5) is 38.7. The summed E-state index contributed by atoms with van der Waals surface area (Å²) in [5, 5.41) is 6.86. The lowest BCUT2D eigenvalue weighted by Gasteiger charge is -2.24. The zero-order chi connectivity index (χ0) is 18.1. The van der Waals surface area contributed by atoms with Crippen LogP contribution in [0, 0.1) is 13.8 Å². The van der Waals surface area contributed by atoms with Crippen molar-refractivity contribution in [2.45, 2.75) is 25.3 Å². The number of nitrogens with one attached hydrogen (secondary N) is 1. The van der Waals surface area contributed by atoms with E-state index in [-0.39, 0.29) is 29.8 Å². The molecular weight excluding hydrogens is 340 g/mol. The van der Waals surface area contributed by atoms with E-state index in [1.54, 1.807) is 7.05 Å². The van der Waals surface area contributed by atoms with E-state index in [1.807, 2.05) is 32.0 Å². The van der Waals surface area contributed by atoms with Crippen LogP contribution in [-0.2, 0) is 16.1 Å². The van der Waals surface area contributed by atoms with E-state index in [2.05, 4.69) is 10.4 Å². The number of nitrogens with zero attached hydrogens (tertiary/aromatic N) is 3. The number of aryl methyl sites for hydroxylation is 2. The third-order valence-electron chi connectivity index (χ3n) is 4.01. The number of rotatable bonds is 3. The Balaban J connectivity index is 1.84. The molecule has 0 unspecified atom stereocenters. The normalized spacial score (nSPS) is 13.6. The molecule has 0 aliphatic carbocycles. The van der Waals surface area contributed by atoms with Crippen molar-refractivity contribution in [1.29, 1.82) is 0 Å². The number of carbonyl (C=O) groups excluding carboxylic acids is 2. The third-order valence-corrected chi connectivity index (χ3v) is 5.01. The molecule has 0 saturated heterocycles. The van der Waals surface area contributed by atoms with E-state index in [0.29, 0.717) is 10.6 Å². The number of amides is 2. The lowest BCUT2D eigenvalue weighted by atomic mass is 10.1. The maximum atomic E-state index is 12.6. The van der Waals surface area contributed by atoms with Gasteiger partial charge in [0.2, 0.25) is 11.8 Å². The van der Waals surface area contributed by atoms with Gasteiger partial charge in [0.25, 0.3) is 5.56 Å². The fourth-order valence-electron chi connectivity index (χ4n) is 2.55. The second-order valence-corrected chi connectivity index (χ2v) is 6.95.